The highest BCUT2D eigenvalue weighted by molar-refractivity contribution is 5.95. The first-order valence-electron chi connectivity index (χ1n) is 11.6. The second-order valence-corrected chi connectivity index (χ2v) is 9.10. The summed E-state index contributed by atoms with van der Waals surface area (Å²) in [5.41, 5.74) is 1.74. The normalized spacial score (nSPS) is 21.6. The van der Waals surface area contributed by atoms with Gasteiger partial charge in [-0.1, -0.05) is 18.2 Å². The Morgan fingerprint density at radius 2 is 1.97 bits per heavy atom. The SMILES string of the molecule is O=C(N[C@]12CCC[C@H]1N(c1nc(-c3cccnc3)nc3ccccc13)CC2)c1cccc(F)c1. The number of aromatic nitrogens is 3. The summed E-state index contributed by atoms with van der Waals surface area (Å²) in [7, 11) is 0. The van der Waals surface area contributed by atoms with Crippen LogP contribution in [-0.2, 0) is 0 Å². The standard InChI is InChI=1S/C27H24FN5O/c28-20-8-3-6-18(16-20)26(34)32-27-12-4-11-23(27)33(15-13-27)25-21-9-1-2-10-22(21)30-24(31-25)19-7-5-14-29-17-19/h1-3,5-10,14,16-17,23H,4,11-13,15H2,(H,32,34)/t23-,27+/m1/s1. The molecule has 1 N–H and O–H groups in total. The van der Waals surface area contributed by atoms with Gasteiger partial charge in [0.1, 0.15) is 11.6 Å². The van der Waals surface area contributed by atoms with E-state index in [1.54, 1.807) is 24.5 Å². The van der Waals surface area contributed by atoms with Gasteiger partial charge in [-0.2, -0.15) is 0 Å². The molecule has 34 heavy (non-hydrogen) atoms. The van der Waals surface area contributed by atoms with Crippen molar-refractivity contribution in [1.82, 2.24) is 20.3 Å². The highest BCUT2D eigenvalue weighted by atomic mass is 19.1. The van der Waals surface area contributed by atoms with Gasteiger partial charge in [-0.05, 0) is 68.1 Å². The molecule has 2 aromatic heterocycles. The number of benzene rings is 2. The molecule has 1 aliphatic carbocycles. The molecule has 170 valence electrons. The zero-order valence-corrected chi connectivity index (χ0v) is 18.6. The summed E-state index contributed by atoms with van der Waals surface area (Å²) in [4.78, 5) is 29.4. The molecule has 7 heteroatoms. The second-order valence-electron chi connectivity index (χ2n) is 9.10. The van der Waals surface area contributed by atoms with E-state index in [4.69, 9.17) is 9.97 Å². The third-order valence-electron chi connectivity index (χ3n) is 7.14. The van der Waals surface area contributed by atoms with E-state index < -0.39 is 5.82 Å². The molecule has 2 fully saturated rings. The van der Waals surface area contributed by atoms with Crippen molar-refractivity contribution in [1.29, 1.82) is 0 Å². The van der Waals surface area contributed by atoms with E-state index in [0.717, 1.165) is 54.5 Å². The first kappa shape index (κ1) is 20.7. The Bertz CT molecular complexity index is 1380. The number of amides is 1. The van der Waals surface area contributed by atoms with E-state index in [1.807, 2.05) is 30.3 Å². The van der Waals surface area contributed by atoms with E-state index in [1.165, 1.54) is 12.1 Å². The molecule has 1 amide bonds. The second kappa shape index (κ2) is 8.17. The molecule has 6 rings (SSSR count). The lowest BCUT2D eigenvalue weighted by Crippen LogP contribution is -2.53. The van der Waals surface area contributed by atoms with Crippen molar-refractivity contribution in [2.45, 2.75) is 37.3 Å². The number of carbonyl (C=O) groups excluding carboxylic acids is 1. The topological polar surface area (TPSA) is 71.0 Å². The van der Waals surface area contributed by atoms with Crippen LogP contribution in [0.2, 0.25) is 0 Å². The maximum atomic E-state index is 13.7. The highest BCUT2D eigenvalue weighted by Gasteiger charge is 2.52. The van der Waals surface area contributed by atoms with Crippen molar-refractivity contribution in [3.8, 4) is 11.4 Å². The average molecular weight is 454 g/mol. The zero-order valence-electron chi connectivity index (χ0n) is 18.6. The van der Waals surface area contributed by atoms with Crippen LogP contribution in [0.5, 0.6) is 0 Å². The number of pyridine rings is 1. The van der Waals surface area contributed by atoms with Gasteiger partial charge in [-0.3, -0.25) is 9.78 Å². The third kappa shape index (κ3) is 3.48. The predicted molar refractivity (Wildman–Crippen MR) is 129 cm³/mol. The van der Waals surface area contributed by atoms with Crippen LogP contribution in [0, 0.1) is 5.82 Å². The number of anilines is 1. The Labute approximate surface area is 196 Å². The van der Waals surface area contributed by atoms with Crippen molar-refractivity contribution >= 4 is 22.6 Å². The first-order chi connectivity index (χ1) is 16.6. The van der Waals surface area contributed by atoms with Gasteiger partial charge in [0.2, 0.25) is 0 Å². The van der Waals surface area contributed by atoms with Gasteiger partial charge in [0.25, 0.3) is 5.91 Å². The number of para-hydroxylation sites is 1. The molecule has 3 heterocycles. The number of nitrogens with one attached hydrogen (secondary N) is 1. The Morgan fingerprint density at radius 3 is 2.82 bits per heavy atom. The molecule has 0 spiro atoms. The fourth-order valence-corrected chi connectivity index (χ4v) is 5.57. The molecule has 2 aromatic carbocycles. The van der Waals surface area contributed by atoms with Crippen LogP contribution < -0.4 is 10.2 Å². The van der Waals surface area contributed by atoms with E-state index >= 15 is 0 Å². The summed E-state index contributed by atoms with van der Waals surface area (Å²) >= 11 is 0. The minimum atomic E-state index is -0.406. The van der Waals surface area contributed by atoms with Crippen molar-refractivity contribution < 1.29 is 9.18 Å². The van der Waals surface area contributed by atoms with Crippen LogP contribution >= 0.6 is 0 Å². The zero-order chi connectivity index (χ0) is 23.1. The monoisotopic (exact) mass is 453 g/mol. The molecular weight excluding hydrogens is 429 g/mol. The minimum absolute atomic E-state index is 0.116. The fraction of sp³-hybridized carbons (Fsp3) is 0.259. The molecular formula is C27H24FN5O. The van der Waals surface area contributed by atoms with Crippen molar-refractivity contribution in [2.24, 2.45) is 0 Å². The predicted octanol–water partition coefficient (Wildman–Crippen LogP) is 4.76. The van der Waals surface area contributed by atoms with Crippen molar-refractivity contribution in [3.05, 3.63) is 84.4 Å². The quantitative estimate of drug-likeness (QED) is 0.482. The molecule has 4 aromatic rings. The van der Waals surface area contributed by atoms with Crippen LogP contribution in [0.25, 0.3) is 22.3 Å². The summed E-state index contributed by atoms with van der Waals surface area (Å²) in [6, 6.07) is 17.9. The van der Waals surface area contributed by atoms with Crippen LogP contribution in [-0.4, -0.2) is 39.0 Å². The van der Waals surface area contributed by atoms with Crippen molar-refractivity contribution in [3.63, 3.8) is 0 Å². The van der Waals surface area contributed by atoms with Gasteiger partial charge in [-0.15, -0.1) is 0 Å². The molecule has 1 aliphatic heterocycles. The van der Waals surface area contributed by atoms with Gasteiger partial charge >= 0.3 is 0 Å². The van der Waals surface area contributed by atoms with Gasteiger partial charge in [0.15, 0.2) is 5.82 Å². The molecule has 2 aliphatic rings. The maximum Gasteiger partial charge on any atom is 0.251 e. The van der Waals surface area contributed by atoms with E-state index in [0.29, 0.717) is 11.4 Å². The van der Waals surface area contributed by atoms with E-state index in [-0.39, 0.29) is 17.5 Å². The average Bonchev–Trinajstić information content (AvgIpc) is 3.42. The summed E-state index contributed by atoms with van der Waals surface area (Å²) in [6.45, 7) is 0.779. The summed E-state index contributed by atoms with van der Waals surface area (Å²) < 4.78 is 13.7. The van der Waals surface area contributed by atoms with E-state index in [9.17, 15) is 9.18 Å². The molecule has 2 atom stereocenters. The van der Waals surface area contributed by atoms with Crippen molar-refractivity contribution in [2.75, 3.05) is 11.4 Å². The molecule has 0 unspecified atom stereocenters. The number of rotatable bonds is 4. The first-order valence-corrected chi connectivity index (χ1v) is 11.6. The van der Waals surface area contributed by atoms with Crippen LogP contribution in [0.4, 0.5) is 10.2 Å². The minimum Gasteiger partial charge on any atom is -0.351 e. The lowest BCUT2D eigenvalue weighted by atomic mass is 9.92. The number of hydrogen-bond acceptors (Lipinski definition) is 5. The number of hydrogen-bond donors (Lipinski definition) is 1. The lowest BCUT2D eigenvalue weighted by molar-refractivity contribution is 0.0899. The van der Waals surface area contributed by atoms with Crippen LogP contribution in [0.1, 0.15) is 36.0 Å². The smallest absolute Gasteiger partial charge is 0.251 e. The lowest BCUT2D eigenvalue weighted by Gasteiger charge is -2.34. The number of fused-ring (bicyclic) bond motifs is 2. The molecule has 0 bridgehead atoms. The molecule has 1 saturated carbocycles. The van der Waals surface area contributed by atoms with Gasteiger partial charge < -0.3 is 10.2 Å². The fourth-order valence-electron chi connectivity index (χ4n) is 5.57. The number of halogens is 1. The Morgan fingerprint density at radius 1 is 1.06 bits per heavy atom. The highest BCUT2D eigenvalue weighted by Crippen LogP contribution is 2.45. The maximum absolute atomic E-state index is 13.7. The largest absolute Gasteiger partial charge is 0.351 e. The molecule has 6 nitrogen and oxygen atoms in total. The Kier molecular flexibility index (Phi) is 4.98. The summed E-state index contributed by atoms with van der Waals surface area (Å²) in [5, 5.41) is 4.29. The third-order valence-corrected chi connectivity index (χ3v) is 7.14. The van der Waals surface area contributed by atoms with Crippen LogP contribution in [0.3, 0.4) is 0 Å². The molecule has 0 radical (unpaired) electrons. The number of carbonyl (C=O) groups is 1. The summed E-state index contributed by atoms with van der Waals surface area (Å²) in [5.74, 6) is 0.896. The van der Waals surface area contributed by atoms with Crippen LogP contribution in [0.15, 0.2) is 73.1 Å². The van der Waals surface area contributed by atoms with E-state index in [2.05, 4.69) is 21.3 Å². The van der Waals surface area contributed by atoms with Gasteiger partial charge in [0.05, 0.1) is 17.1 Å². The number of nitrogens with zero attached hydrogens (tertiary/aromatic N) is 4. The van der Waals surface area contributed by atoms with Gasteiger partial charge in [-0.25, -0.2) is 14.4 Å². The molecule has 1 saturated heterocycles. The Hall–Kier alpha value is -3.87. The summed E-state index contributed by atoms with van der Waals surface area (Å²) in [6.07, 6.45) is 7.21. The van der Waals surface area contributed by atoms with Gasteiger partial charge in [0, 0.05) is 35.5 Å². The Balaban J connectivity index is 1.38.